The summed E-state index contributed by atoms with van der Waals surface area (Å²) in [6.07, 6.45) is -3.00. The van der Waals surface area contributed by atoms with E-state index in [9.17, 15) is 22.8 Å². The average Bonchev–Trinajstić information content (AvgIpc) is 3.17. The van der Waals surface area contributed by atoms with Crippen molar-refractivity contribution in [1.29, 1.82) is 0 Å². The first-order valence-electron chi connectivity index (χ1n) is 6.71. The number of alkyl halides is 3. The van der Waals surface area contributed by atoms with Crippen molar-refractivity contribution < 1.29 is 27.3 Å². The number of benzene rings is 1. The summed E-state index contributed by atoms with van der Waals surface area (Å²) in [6, 6.07) is 5.41. The first-order valence-corrected chi connectivity index (χ1v) is 6.71. The molecule has 0 spiro atoms. The Balaban J connectivity index is 1.75. The first-order chi connectivity index (χ1) is 10.8. The van der Waals surface area contributed by atoms with Gasteiger partial charge in [0, 0.05) is 17.2 Å². The van der Waals surface area contributed by atoms with Crippen molar-refractivity contribution in [3.63, 3.8) is 0 Å². The molecule has 1 aromatic carbocycles. The maximum Gasteiger partial charge on any atom is 0.471 e. The lowest BCUT2D eigenvalue weighted by atomic mass is 10.1. The normalized spacial score (nSPS) is 14.6. The minimum absolute atomic E-state index is 0.0610. The molecule has 2 aromatic rings. The second-order valence-electron chi connectivity index (χ2n) is 5.08. The molecule has 1 saturated carbocycles. The lowest BCUT2D eigenvalue weighted by Gasteiger charge is -2.03. The zero-order valence-electron chi connectivity index (χ0n) is 11.6. The zero-order chi connectivity index (χ0) is 16.6. The molecule has 6 nitrogen and oxygen atoms in total. The highest BCUT2D eigenvalue weighted by Crippen LogP contribution is 2.29. The summed E-state index contributed by atoms with van der Waals surface area (Å²) >= 11 is 0. The topological polar surface area (TPSA) is 85.1 Å². The van der Waals surface area contributed by atoms with Crippen molar-refractivity contribution in [3.8, 4) is 11.4 Å². The van der Waals surface area contributed by atoms with E-state index in [2.05, 4.69) is 20.0 Å². The Labute approximate surface area is 127 Å². The van der Waals surface area contributed by atoms with Crippen LogP contribution in [0.25, 0.3) is 11.4 Å². The summed E-state index contributed by atoms with van der Waals surface area (Å²) in [6.45, 7) is 0. The van der Waals surface area contributed by atoms with Crippen molar-refractivity contribution in [2.75, 3.05) is 0 Å². The summed E-state index contributed by atoms with van der Waals surface area (Å²) in [4.78, 5) is 26.8. The standard InChI is InChI=1S/C14H10F3N3O3/c15-14(16,17)13-19-11(20-23-13)8-3-1-7(2-4-8)10(21)12(22)18-9-5-6-9/h1-4,9H,5-6H2,(H,18,22). The second kappa shape index (κ2) is 5.49. The molecular weight excluding hydrogens is 315 g/mol. The van der Waals surface area contributed by atoms with Gasteiger partial charge >= 0.3 is 12.1 Å². The Morgan fingerprint density at radius 3 is 2.35 bits per heavy atom. The summed E-state index contributed by atoms with van der Waals surface area (Å²) < 4.78 is 41.3. The van der Waals surface area contributed by atoms with Crippen LogP contribution in [0.1, 0.15) is 29.1 Å². The van der Waals surface area contributed by atoms with E-state index in [1.165, 1.54) is 24.3 Å². The molecule has 23 heavy (non-hydrogen) atoms. The van der Waals surface area contributed by atoms with Gasteiger partial charge in [-0.1, -0.05) is 29.4 Å². The van der Waals surface area contributed by atoms with Crippen LogP contribution in [0.15, 0.2) is 28.8 Å². The molecule has 3 rings (SSSR count). The van der Waals surface area contributed by atoms with Crippen LogP contribution >= 0.6 is 0 Å². The number of hydrogen-bond donors (Lipinski definition) is 1. The number of Topliss-reactive ketones (excluding diaryl/α,β-unsaturated/α-hetero) is 1. The third kappa shape index (κ3) is 3.38. The minimum atomic E-state index is -4.72. The number of rotatable bonds is 4. The number of amides is 1. The van der Waals surface area contributed by atoms with Crippen molar-refractivity contribution in [1.82, 2.24) is 15.5 Å². The molecule has 1 amide bonds. The van der Waals surface area contributed by atoms with E-state index in [1.807, 2.05) is 0 Å². The molecule has 1 aromatic heterocycles. The van der Waals surface area contributed by atoms with Crippen LogP contribution < -0.4 is 5.32 Å². The average molecular weight is 325 g/mol. The number of aromatic nitrogens is 2. The number of ketones is 1. The fourth-order valence-corrected chi connectivity index (χ4v) is 1.84. The van der Waals surface area contributed by atoms with Crippen molar-refractivity contribution in [3.05, 3.63) is 35.7 Å². The van der Waals surface area contributed by atoms with Crippen molar-refractivity contribution >= 4 is 11.7 Å². The van der Waals surface area contributed by atoms with Gasteiger partial charge in [0.1, 0.15) is 0 Å². The van der Waals surface area contributed by atoms with Crippen LogP contribution in [0.2, 0.25) is 0 Å². The molecule has 1 fully saturated rings. The molecule has 0 bridgehead atoms. The molecule has 120 valence electrons. The smallest absolute Gasteiger partial charge is 0.346 e. The van der Waals surface area contributed by atoms with Crippen LogP contribution in [0.4, 0.5) is 13.2 Å². The summed E-state index contributed by atoms with van der Waals surface area (Å²) in [5.74, 6) is -3.10. The molecule has 1 aliphatic rings. The van der Waals surface area contributed by atoms with Gasteiger partial charge in [0.05, 0.1) is 0 Å². The van der Waals surface area contributed by atoms with Crippen LogP contribution in [0, 0.1) is 0 Å². The molecule has 0 aliphatic heterocycles. The Hall–Kier alpha value is -2.71. The van der Waals surface area contributed by atoms with Gasteiger partial charge in [-0.25, -0.2) is 0 Å². The van der Waals surface area contributed by atoms with Gasteiger partial charge in [-0.05, 0) is 12.8 Å². The summed E-state index contributed by atoms with van der Waals surface area (Å²) in [5, 5.41) is 5.81. The molecule has 0 unspecified atom stereocenters. The van der Waals surface area contributed by atoms with Gasteiger partial charge in [0.2, 0.25) is 11.6 Å². The van der Waals surface area contributed by atoms with E-state index < -0.39 is 23.8 Å². The maximum absolute atomic E-state index is 12.4. The molecule has 9 heteroatoms. The highest BCUT2D eigenvalue weighted by atomic mass is 19.4. The Bertz CT molecular complexity index is 749. The van der Waals surface area contributed by atoms with Gasteiger partial charge in [0.15, 0.2) is 0 Å². The second-order valence-corrected chi connectivity index (χ2v) is 5.08. The van der Waals surface area contributed by atoms with Gasteiger partial charge in [0.25, 0.3) is 5.91 Å². The van der Waals surface area contributed by atoms with Crippen molar-refractivity contribution in [2.24, 2.45) is 0 Å². The van der Waals surface area contributed by atoms with E-state index in [0.717, 1.165) is 12.8 Å². The number of nitrogens with zero attached hydrogens (tertiary/aromatic N) is 2. The SMILES string of the molecule is O=C(NC1CC1)C(=O)c1ccc(-c2noc(C(F)(F)F)n2)cc1. The number of carbonyl (C=O) groups is 2. The lowest BCUT2D eigenvalue weighted by Crippen LogP contribution is -2.32. The quantitative estimate of drug-likeness (QED) is 0.688. The molecule has 0 radical (unpaired) electrons. The molecule has 0 saturated heterocycles. The van der Waals surface area contributed by atoms with Crippen molar-refractivity contribution in [2.45, 2.75) is 25.1 Å². The van der Waals surface area contributed by atoms with Gasteiger partial charge in [-0.15, -0.1) is 0 Å². The Kier molecular flexibility index (Phi) is 3.63. The number of hydrogen-bond acceptors (Lipinski definition) is 5. The van der Waals surface area contributed by atoms with Crippen LogP contribution in [0.3, 0.4) is 0 Å². The zero-order valence-corrected chi connectivity index (χ0v) is 11.6. The highest BCUT2D eigenvalue weighted by Gasteiger charge is 2.38. The molecule has 1 N–H and O–H groups in total. The van der Waals surface area contributed by atoms with Crippen LogP contribution in [-0.4, -0.2) is 27.9 Å². The van der Waals surface area contributed by atoms with Gasteiger partial charge in [-0.2, -0.15) is 18.2 Å². The van der Waals surface area contributed by atoms with E-state index in [0.29, 0.717) is 0 Å². The first kappa shape index (κ1) is 15.2. The Morgan fingerprint density at radius 1 is 1.17 bits per heavy atom. The molecular formula is C14H10F3N3O3. The van der Waals surface area contributed by atoms with E-state index >= 15 is 0 Å². The highest BCUT2D eigenvalue weighted by molar-refractivity contribution is 6.42. The lowest BCUT2D eigenvalue weighted by molar-refractivity contribution is -0.159. The summed E-state index contributed by atoms with van der Waals surface area (Å²) in [7, 11) is 0. The van der Waals surface area contributed by atoms with Gasteiger partial charge in [-0.3, -0.25) is 9.59 Å². The molecule has 1 heterocycles. The largest absolute Gasteiger partial charge is 0.471 e. The number of carbonyl (C=O) groups excluding carboxylic acids is 2. The van der Waals surface area contributed by atoms with Crippen LogP contribution in [-0.2, 0) is 11.0 Å². The Morgan fingerprint density at radius 2 is 1.83 bits per heavy atom. The van der Waals surface area contributed by atoms with E-state index in [1.54, 1.807) is 0 Å². The number of halogens is 3. The van der Waals surface area contributed by atoms with E-state index in [-0.39, 0.29) is 23.0 Å². The number of nitrogens with one attached hydrogen (secondary N) is 1. The fraction of sp³-hybridized carbons (Fsp3) is 0.286. The molecule has 1 aliphatic carbocycles. The minimum Gasteiger partial charge on any atom is -0.346 e. The monoisotopic (exact) mass is 325 g/mol. The molecule has 0 atom stereocenters. The fourth-order valence-electron chi connectivity index (χ4n) is 1.84. The predicted molar refractivity (Wildman–Crippen MR) is 70.2 cm³/mol. The third-order valence-electron chi connectivity index (χ3n) is 3.19. The summed E-state index contributed by atoms with van der Waals surface area (Å²) in [5.41, 5.74) is 0.370. The third-order valence-corrected chi connectivity index (χ3v) is 3.19. The maximum atomic E-state index is 12.4. The van der Waals surface area contributed by atoms with Gasteiger partial charge < -0.3 is 9.84 Å². The predicted octanol–water partition coefficient (Wildman–Crippen LogP) is 2.22. The van der Waals surface area contributed by atoms with Crippen LogP contribution in [0.5, 0.6) is 0 Å². The van der Waals surface area contributed by atoms with E-state index in [4.69, 9.17) is 0 Å².